The molecule has 0 aromatic heterocycles. The molecule has 0 saturated carbocycles. The molecule has 0 N–H and O–H groups in total. The monoisotopic (exact) mass is 402 g/mol. The number of benzene rings is 1. The van der Waals surface area contributed by atoms with Crippen molar-refractivity contribution in [2.75, 3.05) is 44.3 Å². The van der Waals surface area contributed by atoms with Crippen LogP contribution in [0.4, 0.5) is 10.5 Å². The first kappa shape index (κ1) is 20.3. The largest absolute Gasteiger partial charge is 0.490 e. The summed E-state index contributed by atoms with van der Waals surface area (Å²) in [7, 11) is 0. The standard InChI is InChI=1S/C23H34N2O4/c1-16-19-8-10-24(22(26)29-23(2,3)4)9-7-17(19)14-20-21(16)25(11-13-28-20)15-18-6-5-12-27-18/h14,18H,5-13,15H2,1-4H3/t18-/m0/s1. The average Bonchev–Trinajstić information content (AvgIpc) is 3.05. The predicted octanol–water partition coefficient (Wildman–Crippen LogP) is 3.71. The summed E-state index contributed by atoms with van der Waals surface area (Å²) in [5, 5.41) is 0. The van der Waals surface area contributed by atoms with Crippen LogP contribution in [0.5, 0.6) is 5.75 Å². The Labute approximate surface area is 174 Å². The molecule has 1 aromatic carbocycles. The van der Waals surface area contributed by atoms with E-state index in [1.165, 1.54) is 22.4 Å². The highest BCUT2D eigenvalue weighted by Crippen LogP contribution is 2.40. The summed E-state index contributed by atoms with van der Waals surface area (Å²) in [5.74, 6) is 0.983. The Kier molecular flexibility index (Phi) is 5.65. The number of rotatable bonds is 2. The molecular formula is C23H34N2O4. The highest BCUT2D eigenvalue weighted by atomic mass is 16.6. The molecule has 160 valence electrons. The third kappa shape index (κ3) is 4.47. The summed E-state index contributed by atoms with van der Waals surface area (Å²) in [6.07, 6.45) is 4.08. The number of fused-ring (bicyclic) bond motifs is 2. The van der Waals surface area contributed by atoms with Gasteiger partial charge in [-0.25, -0.2) is 4.79 Å². The molecule has 1 aromatic rings. The van der Waals surface area contributed by atoms with E-state index in [2.05, 4.69) is 17.9 Å². The van der Waals surface area contributed by atoms with Crippen LogP contribution < -0.4 is 9.64 Å². The van der Waals surface area contributed by atoms with Gasteiger partial charge in [-0.05, 0) is 76.1 Å². The second-order valence-corrected chi connectivity index (χ2v) is 9.38. The molecule has 0 bridgehead atoms. The maximum absolute atomic E-state index is 12.6. The minimum Gasteiger partial charge on any atom is -0.490 e. The van der Waals surface area contributed by atoms with Gasteiger partial charge in [-0.1, -0.05) is 0 Å². The smallest absolute Gasteiger partial charge is 0.410 e. The Balaban J connectivity index is 1.55. The van der Waals surface area contributed by atoms with Gasteiger partial charge in [0.2, 0.25) is 0 Å². The summed E-state index contributed by atoms with van der Waals surface area (Å²) in [5.41, 5.74) is 4.70. The lowest BCUT2D eigenvalue weighted by atomic mass is 9.94. The fourth-order valence-corrected chi connectivity index (χ4v) is 4.67. The van der Waals surface area contributed by atoms with Crippen molar-refractivity contribution in [2.24, 2.45) is 0 Å². The number of hydrogen-bond donors (Lipinski definition) is 0. The van der Waals surface area contributed by atoms with Crippen LogP contribution in [0.15, 0.2) is 6.07 Å². The van der Waals surface area contributed by atoms with E-state index in [1.54, 1.807) is 0 Å². The van der Waals surface area contributed by atoms with E-state index in [0.29, 0.717) is 25.8 Å². The number of carbonyl (C=O) groups is 1. The van der Waals surface area contributed by atoms with E-state index in [0.717, 1.165) is 51.1 Å². The lowest BCUT2D eigenvalue weighted by Gasteiger charge is -2.35. The van der Waals surface area contributed by atoms with Crippen LogP contribution in [0.2, 0.25) is 0 Å². The number of amides is 1. The van der Waals surface area contributed by atoms with E-state index in [9.17, 15) is 4.79 Å². The summed E-state index contributed by atoms with van der Waals surface area (Å²) in [6.45, 7) is 12.7. The molecule has 1 atom stereocenters. The third-order valence-corrected chi connectivity index (χ3v) is 6.05. The molecule has 0 aliphatic carbocycles. The van der Waals surface area contributed by atoms with Crippen LogP contribution in [-0.4, -0.2) is 62.1 Å². The predicted molar refractivity (Wildman–Crippen MR) is 113 cm³/mol. The summed E-state index contributed by atoms with van der Waals surface area (Å²) in [4.78, 5) is 16.8. The first-order chi connectivity index (χ1) is 13.8. The van der Waals surface area contributed by atoms with Crippen LogP contribution in [0, 0.1) is 6.92 Å². The Morgan fingerprint density at radius 1 is 1.21 bits per heavy atom. The van der Waals surface area contributed by atoms with Crippen molar-refractivity contribution in [1.29, 1.82) is 0 Å². The van der Waals surface area contributed by atoms with Crippen LogP contribution in [0.25, 0.3) is 0 Å². The highest BCUT2D eigenvalue weighted by molar-refractivity contribution is 5.71. The van der Waals surface area contributed by atoms with Crippen LogP contribution in [0.3, 0.4) is 0 Å². The van der Waals surface area contributed by atoms with Crippen molar-refractivity contribution in [2.45, 2.75) is 65.1 Å². The van der Waals surface area contributed by atoms with Crippen molar-refractivity contribution in [3.05, 3.63) is 22.8 Å². The zero-order valence-electron chi connectivity index (χ0n) is 18.3. The number of ether oxygens (including phenoxy) is 3. The van der Waals surface area contributed by atoms with Gasteiger partial charge in [0.25, 0.3) is 0 Å². The van der Waals surface area contributed by atoms with Crippen molar-refractivity contribution >= 4 is 11.8 Å². The molecule has 0 radical (unpaired) electrons. The normalized spacial score (nSPS) is 21.9. The van der Waals surface area contributed by atoms with Crippen molar-refractivity contribution in [1.82, 2.24) is 4.90 Å². The van der Waals surface area contributed by atoms with Crippen molar-refractivity contribution < 1.29 is 19.0 Å². The van der Waals surface area contributed by atoms with Gasteiger partial charge in [0.05, 0.1) is 18.3 Å². The van der Waals surface area contributed by atoms with Crippen LogP contribution >= 0.6 is 0 Å². The molecule has 6 nitrogen and oxygen atoms in total. The molecule has 0 spiro atoms. The Morgan fingerprint density at radius 2 is 2.00 bits per heavy atom. The molecule has 6 heteroatoms. The molecule has 3 heterocycles. The van der Waals surface area contributed by atoms with Crippen LogP contribution in [-0.2, 0) is 22.3 Å². The highest BCUT2D eigenvalue weighted by Gasteiger charge is 2.30. The van der Waals surface area contributed by atoms with Gasteiger partial charge in [-0.15, -0.1) is 0 Å². The lowest BCUT2D eigenvalue weighted by molar-refractivity contribution is 0.0258. The fourth-order valence-electron chi connectivity index (χ4n) is 4.67. The number of carbonyl (C=O) groups excluding carboxylic acids is 1. The molecule has 3 aliphatic heterocycles. The zero-order chi connectivity index (χ0) is 20.6. The van der Waals surface area contributed by atoms with Gasteiger partial charge in [0.1, 0.15) is 18.0 Å². The topological polar surface area (TPSA) is 51.2 Å². The first-order valence-corrected chi connectivity index (χ1v) is 10.9. The average molecular weight is 403 g/mol. The van der Waals surface area contributed by atoms with Crippen LogP contribution in [0.1, 0.15) is 50.3 Å². The van der Waals surface area contributed by atoms with Gasteiger partial charge in [0.15, 0.2) is 0 Å². The third-order valence-electron chi connectivity index (χ3n) is 6.05. The number of hydrogen-bond acceptors (Lipinski definition) is 5. The Morgan fingerprint density at radius 3 is 2.72 bits per heavy atom. The Bertz CT molecular complexity index is 765. The maximum atomic E-state index is 12.6. The summed E-state index contributed by atoms with van der Waals surface area (Å²) >= 11 is 0. The lowest BCUT2D eigenvalue weighted by Crippen LogP contribution is -2.39. The quantitative estimate of drug-likeness (QED) is 0.755. The first-order valence-electron chi connectivity index (χ1n) is 10.9. The fraction of sp³-hybridized carbons (Fsp3) is 0.696. The molecule has 29 heavy (non-hydrogen) atoms. The second-order valence-electron chi connectivity index (χ2n) is 9.38. The minimum absolute atomic E-state index is 0.219. The molecule has 1 fully saturated rings. The van der Waals surface area contributed by atoms with Gasteiger partial charge in [-0.2, -0.15) is 0 Å². The second kappa shape index (κ2) is 8.05. The molecule has 1 saturated heterocycles. The molecule has 4 rings (SSSR count). The van der Waals surface area contributed by atoms with Gasteiger partial charge < -0.3 is 24.0 Å². The van der Waals surface area contributed by atoms with E-state index < -0.39 is 5.60 Å². The summed E-state index contributed by atoms with van der Waals surface area (Å²) in [6, 6.07) is 2.21. The summed E-state index contributed by atoms with van der Waals surface area (Å²) < 4.78 is 17.5. The molecule has 0 unspecified atom stereocenters. The van der Waals surface area contributed by atoms with Crippen molar-refractivity contribution in [3.8, 4) is 5.75 Å². The molecule has 1 amide bonds. The molecular weight excluding hydrogens is 368 g/mol. The zero-order valence-corrected chi connectivity index (χ0v) is 18.3. The van der Waals surface area contributed by atoms with E-state index >= 15 is 0 Å². The maximum Gasteiger partial charge on any atom is 0.410 e. The SMILES string of the molecule is Cc1c2c(cc3c1N(C[C@@H]1CCCO1)CCO3)CCN(C(=O)OC(C)(C)C)CC2. The van der Waals surface area contributed by atoms with Gasteiger partial charge in [-0.3, -0.25) is 0 Å². The number of anilines is 1. The molecule has 3 aliphatic rings. The van der Waals surface area contributed by atoms with E-state index in [1.807, 2.05) is 25.7 Å². The van der Waals surface area contributed by atoms with E-state index in [-0.39, 0.29) is 6.09 Å². The van der Waals surface area contributed by atoms with Gasteiger partial charge >= 0.3 is 6.09 Å². The van der Waals surface area contributed by atoms with Gasteiger partial charge in [0, 0.05) is 26.2 Å². The Hall–Kier alpha value is -1.95. The minimum atomic E-state index is -0.470. The van der Waals surface area contributed by atoms with E-state index in [4.69, 9.17) is 14.2 Å². The number of nitrogens with zero attached hydrogens (tertiary/aromatic N) is 2. The van der Waals surface area contributed by atoms with Crippen molar-refractivity contribution in [3.63, 3.8) is 0 Å².